The third-order valence-corrected chi connectivity index (χ3v) is 6.75. The number of fused-ring (bicyclic) bond motifs is 1. The predicted molar refractivity (Wildman–Crippen MR) is 127 cm³/mol. The second kappa shape index (κ2) is 7.97. The predicted octanol–water partition coefficient (Wildman–Crippen LogP) is 6.67. The third kappa shape index (κ3) is 4.15. The van der Waals surface area contributed by atoms with E-state index in [0.717, 1.165) is 38.3 Å². The zero-order valence-corrected chi connectivity index (χ0v) is 19.8. The number of aryl methyl sites for hydroxylation is 3. The molecule has 2 aromatic carbocycles. The van der Waals surface area contributed by atoms with Crippen molar-refractivity contribution in [2.45, 2.75) is 53.6 Å². The molecule has 4 rings (SSSR count). The van der Waals surface area contributed by atoms with E-state index >= 15 is 0 Å². The number of carbonyl (C=O) groups is 1. The molecule has 5 heteroatoms. The number of ether oxygens (including phenoxy) is 1. The summed E-state index contributed by atoms with van der Waals surface area (Å²) in [5, 5.41) is 5.63. The van der Waals surface area contributed by atoms with E-state index < -0.39 is 0 Å². The van der Waals surface area contributed by atoms with Crippen molar-refractivity contribution in [1.29, 1.82) is 0 Å². The van der Waals surface area contributed by atoms with Gasteiger partial charge in [-0.25, -0.2) is 9.48 Å². The minimum Gasteiger partial charge on any atom is -0.457 e. The van der Waals surface area contributed by atoms with Crippen LogP contribution in [-0.2, 0) is 16.8 Å². The molecule has 0 aliphatic carbocycles. The molecule has 2 aromatic heterocycles. The van der Waals surface area contributed by atoms with Crippen LogP contribution in [0.1, 0.15) is 58.4 Å². The number of benzene rings is 2. The summed E-state index contributed by atoms with van der Waals surface area (Å²) in [4.78, 5) is 14.4. The molecule has 0 atom stereocenters. The highest BCUT2D eigenvalue weighted by Crippen LogP contribution is 2.31. The largest absolute Gasteiger partial charge is 0.457 e. The van der Waals surface area contributed by atoms with E-state index in [1.807, 2.05) is 48.0 Å². The molecule has 0 N–H and O–H groups in total. The van der Waals surface area contributed by atoms with E-state index in [1.54, 1.807) is 0 Å². The maximum absolute atomic E-state index is 12.9. The van der Waals surface area contributed by atoms with Gasteiger partial charge in [-0.05, 0) is 66.6 Å². The van der Waals surface area contributed by atoms with Gasteiger partial charge in [0.1, 0.15) is 16.3 Å². The molecule has 4 nitrogen and oxygen atoms in total. The lowest BCUT2D eigenvalue weighted by Crippen LogP contribution is -2.13. The Labute approximate surface area is 187 Å². The first-order valence-electron chi connectivity index (χ1n) is 10.5. The summed E-state index contributed by atoms with van der Waals surface area (Å²) in [6.07, 6.45) is 0. The van der Waals surface area contributed by atoms with Gasteiger partial charge in [-0.1, -0.05) is 51.1 Å². The number of carbonyl (C=O) groups excluding carboxylic acids is 1. The minimum atomic E-state index is -0.293. The van der Waals surface area contributed by atoms with Gasteiger partial charge in [0.2, 0.25) is 0 Å². The number of rotatable bonds is 4. The third-order valence-electron chi connectivity index (χ3n) is 5.66. The summed E-state index contributed by atoms with van der Waals surface area (Å²) >= 11 is 1.42. The molecule has 0 spiro atoms. The Balaban J connectivity index is 1.58. The standard InChI is InChI=1S/C26H28N2O2S/c1-16-12-19(26(4,5)6)13-17(2)22(16)15-30-25(29)23-14-21-18(3)27-28(24(21)31-23)20-10-8-7-9-11-20/h7-14H,15H2,1-6H3. The second-order valence-corrected chi connectivity index (χ2v) is 10.1. The SMILES string of the molecule is Cc1cc(C(C)(C)C)cc(C)c1COC(=O)c1cc2c(C)nn(-c3ccccc3)c2s1. The lowest BCUT2D eigenvalue weighted by Gasteiger charge is -2.22. The Morgan fingerprint density at radius 3 is 2.29 bits per heavy atom. The summed E-state index contributed by atoms with van der Waals surface area (Å²) in [5.74, 6) is -0.293. The number of hydrogen-bond acceptors (Lipinski definition) is 4. The van der Waals surface area contributed by atoms with Gasteiger partial charge in [0, 0.05) is 5.39 Å². The minimum absolute atomic E-state index is 0.0896. The van der Waals surface area contributed by atoms with Gasteiger partial charge in [-0.2, -0.15) is 5.10 Å². The van der Waals surface area contributed by atoms with Crippen LogP contribution >= 0.6 is 11.3 Å². The number of nitrogens with zero attached hydrogens (tertiary/aromatic N) is 2. The molecule has 31 heavy (non-hydrogen) atoms. The van der Waals surface area contributed by atoms with Crippen molar-refractivity contribution in [1.82, 2.24) is 9.78 Å². The lowest BCUT2D eigenvalue weighted by atomic mass is 9.84. The van der Waals surface area contributed by atoms with Crippen molar-refractivity contribution in [2.24, 2.45) is 0 Å². The maximum Gasteiger partial charge on any atom is 0.348 e. The van der Waals surface area contributed by atoms with Crippen LogP contribution in [0.5, 0.6) is 0 Å². The Bertz CT molecular complexity index is 1240. The van der Waals surface area contributed by atoms with Crippen LogP contribution in [0.3, 0.4) is 0 Å². The Morgan fingerprint density at radius 2 is 1.68 bits per heavy atom. The molecule has 0 amide bonds. The average Bonchev–Trinajstić information content (AvgIpc) is 3.28. The fourth-order valence-electron chi connectivity index (χ4n) is 3.75. The monoisotopic (exact) mass is 432 g/mol. The Morgan fingerprint density at radius 1 is 1.03 bits per heavy atom. The van der Waals surface area contributed by atoms with Gasteiger partial charge in [-0.3, -0.25) is 0 Å². The number of aromatic nitrogens is 2. The van der Waals surface area contributed by atoms with Gasteiger partial charge in [0.15, 0.2) is 0 Å². The Hall–Kier alpha value is -2.92. The summed E-state index contributed by atoms with van der Waals surface area (Å²) in [5.41, 5.74) is 6.66. The number of thiophene rings is 1. The van der Waals surface area contributed by atoms with Crippen molar-refractivity contribution in [3.63, 3.8) is 0 Å². The summed E-state index contributed by atoms with van der Waals surface area (Å²) in [6.45, 7) is 13.0. The normalized spacial score (nSPS) is 11.8. The fraction of sp³-hybridized carbons (Fsp3) is 0.308. The van der Waals surface area contributed by atoms with E-state index in [9.17, 15) is 4.79 Å². The first-order valence-corrected chi connectivity index (χ1v) is 11.3. The highest BCUT2D eigenvalue weighted by Gasteiger charge is 2.20. The van der Waals surface area contributed by atoms with Crippen LogP contribution < -0.4 is 0 Å². The molecule has 0 unspecified atom stereocenters. The first kappa shape index (κ1) is 21.3. The molecule has 0 aliphatic rings. The highest BCUT2D eigenvalue weighted by molar-refractivity contribution is 7.20. The molecule has 0 saturated carbocycles. The number of esters is 1. The average molecular weight is 433 g/mol. The molecule has 0 fully saturated rings. The van der Waals surface area contributed by atoms with E-state index in [1.165, 1.54) is 16.9 Å². The summed E-state index contributed by atoms with van der Waals surface area (Å²) in [6, 6.07) is 16.3. The number of para-hydroxylation sites is 1. The zero-order chi connectivity index (χ0) is 22.3. The van der Waals surface area contributed by atoms with E-state index in [4.69, 9.17) is 4.74 Å². The molecule has 0 saturated heterocycles. The van der Waals surface area contributed by atoms with E-state index in [-0.39, 0.29) is 18.0 Å². The van der Waals surface area contributed by atoms with Crippen LogP contribution in [0.4, 0.5) is 0 Å². The highest BCUT2D eigenvalue weighted by atomic mass is 32.1. The molecule has 0 bridgehead atoms. The van der Waals surface area contributed by atoms with Crippen molar-refractivity contribution in [2.75, 3.05) is 0 Å². The van der Waals surface area contributed by atoms with Crippen LogP contribution in [0.2, 0.25) is 0 Å². The van der Waals surface area contributed by atoms with Crippen molar-refractivity contribution < 1.29 is 9.53 Å². The van der Waals surface area contributed by atoms with Crippen molar-refractivity contribution in [3.05, 3.63) is 81.4 Å². The topological polar surface area (TPSA) is 44.1 Å². The lowest BCUT2D eigenvalue weighted by molar-refractivity contribution is 0.0477. The van der Waals surface area contributed by atoms with Crippen LogP contribution in [0, 0.1) is 20.8 Å². The van der Waals surface area contributed by atoms with Gasteiger partial charge < -0.3 is 4.74 Å². The van der Waals surface area contributed by atoms with E-state index in [0.29, 0.717) is 4.88 Å². The molecule has 0 radical (unpaired) electrons. The van der Waals surface area contributed by atoms with Crippen LogP contribution in [0.25, 0.3) is 15.9 Å². The molecule has 0 aliphatic heterocycles. The van der Waals surface area contributed by atoms with E-state index in [2.05, 4.69) is 51.9 Å². The van der Waals surface area contributed by atoms with Crippen molar-refractivity contribution in [3.8, 4) is 5.69 Å². The Kier molecular flexibility index (Phi) is 5.48. The molecule has 4 aromatic rings. The first-order chi connectivity index (χ1) is 14.6. The maximum atomic E-state index is 12.9. The second-order valence-electron chi connectivity index (χ2n) is 9.08. The van der Waals surface area contributed by atoms with Gasteiger partial charge in [0.05, 0.1) is 11.4 Å². The van der Waals surface area contributed by atoms with Crippen LogP contribution in [0.15, 0.2) is 48.5 Å². The summed E-state index contributed by atoms with van der Waals surface area (Å²) < 4.78 is 7.62. The summed E-state index contributed by atoms with van der Waals surface area (Å²) in [7, 11) is 0. The number of hydrogen-bond donors (Lipinski definition) is 0. The van der Waals surface area contributed by atoms with Gasteiger partial charge in [0.25, 0.3) is 0 Å². The molecule has 2 heterocycles. The smallest absolute Gasteiger partial charge is 0.348 e. The molecular weight excluding hydrogens is 404 g/mol. The zero-order valence-electron chi connectivity index (χ0n) is 18.9. The van der Waals surface area contributed by atoms with Gasteiger partial charge >= 0.3 is 5.97 Å². The van der Waals surface area contributed by atoms with Crippen LogP contribution in [-0.4, -0.2) is 15.7 Å². The van der Waals surface area contributed by atoms with Gasteiger partial charge in [-0.15, -0.1) is 11.3 Å². The van der Waals surface area contributed by atoms with Crippen molar-refractivity contribution >= 4 is 27.5 Å². The molecule has 160 valence electrons. The fourth-order valence-corrected chi connectivity index (χ4v) is 4.83. The quantitative estimate of drug-likeness (QED) is 0.338. The molecular formula is C26H28N2O2S.